The molecule has 15 heavy (non-hydrogen) atoms. The number of amides is 1. The topological polar surface area (TPSA) is 35.6 Å². The van der Waals surface area contributed by atoms with Crippen molar-refractivity contribution in [3.05, 3.63) is 0 Å². The van der Waals surface area contributed by atoms with Gasteiger partial charge in [-0.05, 0) is 31.8 Å². The summed E-state index contributed by atoms with van der Waals surface area (Å²) in [6, 6.07) is 0.550. The van der Waals surface area contributed by atoms with Crippen LogP contribution < -0.4 is 5.32 Å². The van der Waals surface area contributed by atoms with Gasteiger partial charge in [0.25, 0.3) is 0 Å². The molecule has 1 N–H and O–H groups in total. The number of hydrogen-bond acceptors (Lipinski definition) is 3. The molecule has 2 rings (SSSR count). The Morgan fingerprint density at radius 2 is 2.20 bits per heavy atom. The number of carbonyl (C=O) groups is 1. The molecule has 4 heteroatoms. The maximum atomic E-state index is 11.6. The molecule has 3 unspecified atom stereocenters. The number of nitrogens with zero attached hydrogens (tertiary/aromatic N) is 2. The normalized spacial score (nSPS) is 35.5. The van der Waals surface area contributed by atoms with E-state index in [9.17, 15) is 4.79 Å². The molecule has 2 saturated heterocycles. The molecule has 3 atom stereocenters. The van der Waals surface area contributed by atoms with E-state index in [0.29, 0.717) is 12.6 Å². The first-order chi connectivity index (χ1) is 7.09. The number of likely N-dealkylation sites (N-methyl/N-ethyl adjacent to an activating group) is 1. The highest BCUT2D eigenvalue weighted by molar-refractivity contribution is 5.77. The smallest absolute Gasteiger partial charge is 0.236 e. The Labute approximate surface area is 91.6 Å². The molecule has 2 aliphatic heterocycles. The second-order valence-corrected chi connectivity index (χ2v) is 5.04. The molecule has 0 bridgehead atoms. The standard InChI is InChI=1S/C11H21N3O/c1-8-10-5-12-4-9(10)6-14(8)7-11(15)13(2)3/h8-10,12H,4-7H2,1-3H3. The van der Waals surface area contributed by atoms with Gasteiger partial charge in [0, 0.05) is 26.7 Å². The van der Waals surface area contributed by atoms with Crippen molar-refractivity contribution in [3.8, 4) is 0 Å². The minimum atomic E-state index is 0.217. The van der Waals surface area contributed by atoms with Gasteiger partial charge in [-0.3, -0.25) is 9.69 Å². The molecule has 86 valence electrons. The number of likely N-dealkylation sites (tertiary alicyclic amines) is 1. The molecule has 0 aliphatic carbocycles. The first-order valence-electron chi connectivity index (χ1n) is 5.74. The highest BCUT2D eigenvalue weighted by Crippen LogP contribution is 2.31. The molecule has 0 spiro atoms. The predicted molar refractivity (Wildman–Crippen MR) is 59.6 cm³/mol. The van der Waals surface area contributed by atoms with Gasteiger partial charge in [0.1, 0.15) is 0 Å². The van der Waals surface area contributed by atoms with E-state index in [-0.39, 0.29) is 5.91 Å². The zero-order valence-electron chi connectivity index (χ0n) is 9.86. The Kier molecular flexibility index (Phi) is 2.98. The summed E-state index contributed by atoms with van der Waals surface area (Å²) in [6.07, 6.45) is 0. The summed E-state index contributed by atoms with van der Waals surface area (Å²) in [6.45, 7) is 6.17. The quantitative estimate of drug-likeness (QED) is 0.676. The molecule has 0 aromatic carbocycles. The summed E-state index contributed by atoms with van der Waals surface area (Å²) >= 11 is 0. The molecule has 0 radical (unpaired) electrons. The van der Waals surface area contributed by atoms with Crippen molar-refractivity contribution in [1.82, 2.24) is 15.1 Å². The fourth-order valence-electron chi connectivity index (χ4n) is 2.78. The molecule has 2 fully saturated rings. The molecule has 2 aliphatic rings. The van der Waals surface area contributed by atoms with Crippen LogP contribution in [0.5, 0.6) is 0 Å². The lowest BCUT2D eigenvalue weighted by atomic mass is 9.95. The van der Waals surface area contributed by atoms with E-state index >= 15 is 0 Å². The maximum absolute atomic E-state index is 11.6. The highest BCUT2D eigenvalue weighted by atomic mass is 16.2. The van der Waals surface area contributed by atoms with Crippen molar-refractivity contribution in [1.29, 1.82) is 0 Å². The summed E-state index contributed by atoms with van der Waals surface area (Å²) in [7, 11) is 3.65. The van der Waals surface area contributed by atoms with E-state index in [2.05, 4.69) is 17.1 Å². The number of nitrogens with one attached hydrogen (secondary N) is 1. The van der Waals surface area contributed by atoms with Crippen LogP contribution >= 0.6 is 0 Å². The fraction of sp³-hybridized carbons (Fsp3) is 0.909. The first kappa shape index (κ1) is 10.9. The van der Waals surface area contributed by atoms with E-state index < -0.39 is 0 Å². The zero-order valence-corrected chi connectivity index (χ0v) is 9.86. The Hall–Kier alpha value is -0.610. The Morgan fingerprint density at radius 3 is 2.80 bits per heavy atom. The van der Waals surface area contributed by atoms with Crippen LogP contribution in [0.3, 0.4) is 0 Å². The Bertz CT molecular complexity index is 254. The van der Waals surface area contributed by atoms with Crippen molar-refractivity contribution in [2.45, 2.75) is 13.0 Å². The third kappa shape index (κ3) is 2.01. The van der Waals surface area contributed by atoms with Crippen molar-refractivity contribution in [2.75, 3.05) is 40.3 Å². The van der Waals surface area contributed by atoms with Crippen LogP contribution in [0, 0.1) is 11.8 Å². The van der Waals surface area contributed by atoms with Crippen molar-refractivity contribution >= 4 is 5.91 Å². The van der Waals surface area contributed by atoms with E-state index in [1.54, 1.807) is 4.90 Å². The van der Waals surface area contributed by atoms with Gasteiger partial charge in [-0.25, -0.2) is 0 Å². The highest BCUT2D eigenvalue weighted by Gasteiger charge is 2.42. The predicted octanol–water partition coefficient (Wildman–Crippen LogP) is -0.386. The summed E-state index contributed by atoms with van der Waals surface area (Å²) in [4.78, 5) is 15.6. The third-order valence-corrected chi connectivity index (χ3v) is 3.89. The van der Waals surface area contributed by atoms with Crippen molar-refractivity contribution < 1.29 is 4.79 Å². The van der Waals surface area contributed by atoms with Gasteiger partial charge >= 0.3 is 0 Å². The van der Waals surface area contributed by atoms with Gasteiger partial charge in [0.05, 0.1) is 6.54 Å². The van der Waals surface area contributed by atoms with Gasteiger partial charge in [-0.1, -0.05) is 0 Å². The lowest BCUT2D eigenvalue weighted by Gasteiger charge is -2.24. The second kappa shape index (κ2) is 4.10. The molecule has 2 heterocycles. The molecule has 4 nitrogen and oxygen atoms in total. The van der Waals surface area contributed by atoms with E-state index in [1.165, 1.54) is 0 Å². The molecular weight excluding hydrogens is 190 g/mol. The molecule has 0 saturated carbocycles. The second-order valence-electron chi connectivity index (χ2n) is 5.04. The largest absolute Gasteiger partial charge is 0.348 e. The maximum Gasteiger partial charge on any atom is 0.236 e. The number of rotatable bonds is 2. The van der Waals surface area contributed by atoms with Gasteiger partial charge < -0.3 is 10.2 Å². The number of hydrogen-bond donors (Lipinski definition) is 1. The molecule has 0 aromatic rings. The average molecular weight is 211 g/mol. The average Bonchev–Trinajstić information content (AvgIpc) is 2.71. The fourth-order valence-corrected chi connectivity index (χ4v) is 2.78. The van der Waals surface area contributed by atoms with E-state index in [0.717, 1.165) is 31.5 Å². The van der Waals surface area contributed by atoms with Gasteiger partial charge in [-0.15, -0.1) is 0 Å². The Morgan fingerprint density at radius 1 is 1.47 bits per heavy atom. The molecular formula is C11H21N3O. The lowest BCUT2D eigenvalue weighted by molar-refractivity contribution is -0.130. The van der Waals surface area contributed by atoms with Crippen LogP contribution in [-0.4, -0.2) is 62.0 Å². The lowest BCUT2D eigenvalue weighted by Crippen LogP contribution is -2.40. The van der Waals surface area contributed by atoms with Gasteiger partial charge in [0.2, 0.25) is 5.91 Å². The summed E-state index contributed by atoms with van der Waals surface area (Å²) in [5.74, 6) is 1.73. The minimum absolute atomic E-state index is 0.217. The summed E-state index contributed by atoms with van der Waals surface area (Å²) < 4.78 is 0. The van der Waals surface area contributed by atoms with Gasteiger partial charge in [-0.2, -0.15) is 0 Å². The van der Waals surface area contributed by atoms with Crippen LogP contribution in [-0.2, 0) is 4.79 Å². The van der Waals surface area contributed by atoms with Gasteiger partial charge in [0.15, 0.2) is 0 Å². The van der Waals surface area contributed by atoms with Crippen molar-refractivity contribution in [2.24, 2.45) is 11.8 Å². The minimum Gasteiger partial charge on any atom is -0.348 e. The van der Waals surface area contributed by atoms with E-state index in [1.807, 2.05) is 14.1 Å². The van der Waals surface area contributed by atoms with Crippen LogP contribution in [0.4, 0.5) is 0 Å². The third-order valence-electron chi connectivity index (χ3n) is 3.89. The van der Waals surface area contributed by atoms with Crippen molar-refractivity contribution in [3.63, 3.8) is 0 Å². The van der Waals surface area contributed by atoms with Crippen LogP contribution in [0.2, 0.25) is 0 Å². The monoisotopic (exact) mass is 211 g/mol. The van der Waals surface area contributed by atoms with E-state index in [4.69, 9.17) is 0 Å². The SMILES string of the molecule is CC1C2CNCC2CN1CC(=O)N(C)C. The summed E-state index contributed by atoms with van der Waals surface area (Å²) in [5.41, 5.74) is 0. The molecule has 0 aromatic heterocycles. The van der Waals surface area contributed by atoms with Crippen LogP contribution in [0.15, 0.2) is 0 Å². The van der Waals surface area contributed by atoms with Crippen LogP contribution in [0.1, 0.15) is 6.92 Å². The first-order valence-corrected chi connectivity index (χ1v) is 5.74. The number of carbonyl (C=O) groups excluding carboxylic acids is 1. The summed E-state index contributed by atoms with van der Waals surface area (Å²) in [5, 5.41) is 3.43. The molecule has 1 amide bonds. The van der Waals surface area contributed by atoms with Crippen LogP contribution in [0.25, 0.3) is 0 Å². The zero-order chi connectivity index (χ0) is 11.0. The number of fused-ring (bicyclic) bond motifs is 1. The Balaban J connectivity index is 1.92.